The molecule has 1 heterocycles. The number of nitro groups is 1. The molecule has 0 atom stereocenters. The van der Waals surface area contributed by atoms with Crippen molar-refractivity contribution in [3.05, 3.63) is 40.7 Å². The van der Waals surface area contributed by atoms with Gasteiger partial charge in [-0.25, -0.2) is 0 Å². The topological polar surface area (TPSA) is 77.3 Å². The molecule has 0 amide bonds. The maximum atomic E-state index is 11.0. The van der Waals surface area contributed by atoms with Crippen molar-refractivity contribution < 1.29 is 9.66 Å². The number of pyridine rings is 1. The molecule has 1 aromatic carbocycles. The number of nitro benzene ring substituents is 1. The monoisotopic (exact) mass is 261 g/mol. The summed E-state index contributed by atoms with van der Waals surface area (Å²) in [5.41, 5.74) is 0.918. The zero-order valence-electron chi connectivity index (χ0n) is 10.6. The normalized spacial score (nSPS) is 10.6. The minimum Gasteiger partial charge on any atom is -0.382 e. The highest BCUT2D eigenvalue weighted by molar-refractivity contribution is 5.99. The Morgan fingerprint density at radius 1 is 1.37 bits per heavy atom. The Morgan fingerprint density at radius 3 is 2.95 bits per heavy atom. The van der Waals surface area contributed by atoms with Crippen LogP contribution in [0.2, 0.25) is 0 Å². The largest absolute Gasteiger partial charge is 0.382 e. The Labute approximate surface area is 110 Å². The third-order valence-electron chi connectivity index (χ3n) is 2.76. The van der Waals surface area contributed by atoms with E-state index in [1.54, 1.807) is 18.3 Å². The molecule has 6 heteroatoms. The van der Waals surface area contributed by atoms with Crippen LogP contribution in [0.5, 0.6) is 0 Å². The Balaban J connectivity index is 2.30. The smallest absolute Gasteiger partial charge is 0.278 e. The number of anilines is 1. The van der Waals surface area contributed by atoms with Gasteiger partial charge in [-0.2, -0.15) is 0 Å². The van der Waals surface area contributed by atoms with Crippen LogP contribution in [0, 0.1) is 10.1 Å². The SMILES string of the molecule is CCOCCNc1ccc([N+](=O)[O-])c2cnccc12. The average molecular weight is 261 g/mol. The number of rotatable bonds is 6. The Kier molecular flexibility index (Phi) is 4.25. The first-order valence-electron chi connectivity index (χ1n) is 6.06. The second-order valence-corrected chi connectivity index (χ2v) is 3.93. The van der Waals surface area contributed by atoms with Gasteiger partial charge in [0.15, 0.2) is 0 Å². The van der Waals surface area contributed by atoms with Gasteiger partial charge in [-0.05, 0) is 19.1 Å². The highest BCUT2D eigenvalue weighted by Crippen LogP contribution is 2.30. The lowest BCUT2D eigenvalue weighted by atomic mass is 10.1. The van der Waals surface area contributed by atoms with Gasteiger partial charge in [-0.3, -0.25) is 15.1 Å². The molecule has 2 aromatic rings. The van der Waals surface area contributed by atoms with Crippen LogP contribution >= 0.6 is 0 Å². The van der Waals surface area contributed by atoms with Gasteiger partial charge in [0.05, 0.1) is 16.9 Å². The molecule has 1 N–H and O–H groups in total. The van der Waals surface area contributed by atoms with Crippen molar-refractivity contribution >= 4 is 22.1 Å². The number of benzene rings is 1. The van der Waals surface area contributed by atoms with Crippen molar-refractivity contribution in [3.8, 4) is 0 Å². The summed E-state index contributed by atoms with van der Waals surface area (Å²) in [6.45, 7) is 3.86. The predicted molar refractivity (Wildman–Crippen MR) is 73.4 cm³/mol. The molecular formula is C13H15N3O3. The fraction of sp³-hybridized carbons (Fsp3) is 0.308. The van der Waals surface area contributed by atoms with Gasteiger partial charge in [0.1, 0.15) is 0 Å². The quantitative estimate of drug-likeness (QED) is 0.491. The van der Waals surface area contributed by atoms with E-state index in [1.165, 1.54) is 12.3 Å². The average Bonchev–Trinajstić information content (AvgIpc) is 2.43. The second-order valence-electron chi connectivity index (χ2n) is 3.93. The van der Waals surface area contributed by atoms with Crippen molar-refractivity contribution in [2.75, 3.05) is 25.1 Å². The van der Waals surface area contributed by atoms with Crippen molar-refractivity contribution in [1.29, 1.82) is 0 Å². The Morgan fingerprint density at radius 2 is 2.21 bits per heavy atom. The van der Waals surface area contributed by atoms with Crippen LogP contribution in [0.3, 0.4) is 0 Å². The zero-order valence-corrected chi connectivity index (χ0v) is 10.6. The van der Waals surface area contributed by atoms with Crippen LogP contribution in [0.25, 0.3) is 10.8 Å². The number of hydrogen-bond donors (Lipinski definition) is 1. The van der Waals surface area contributed by atoms with Crippen LogP contribution in [0.4, 0.5) is 11.4 Å². The number of ether oxygens (including phenoxy) is 1. The second kappa shape index (κ2) is 6.10. The number of hydrogen-bond acceptors (Lipinski definition) is 5. The van der Waals surface area contributed by atoms with Crippen molar-refractivity contribution in [2.24, 2.45) is 0 Å². The first-order chi connectivity index (χ1) is 9.24. The molecule has 0 aliphatic carbocycles. The molecule has 0 saturated heterocycles. The summed E-state index contributed by atoms with van der Waals surface area (Å²) < 4.78 is 5.25. The summed E-state index contributed by atoms with van der Waals surface area (Å²) in [5, 5.41) is 15.5. The maximum absolute atomic E-state index is 11.0. The lowest BCUT2D eigenvalue weighted by Crippen LogP contribution is -2.09. The van der Waals surface area contributed by atoms with Gasteiger partial charge in [0, 0.05) is 42.7 Å². The van der Waals surface area contributed by atoms with Gasteiger partial charge in [-0.15, -0.1) is 0 Å². The van der Waals surface area contributed by atoms with E-state index in [0.29, 0.717) is 25.1 Å². The zero-order chi connectivity index (χ0) is 13.7. The molecule has 0 unspecified atom stereocenters. The Bertz CT molecular complexity index is 586. The van der Waals surface area contributed by atoms with Gasteiger partial charge >= 0.3 is 0 Å². The van der Waals surface area contributed by atoms with Gasteiger partial charge in [-0.1, -0.05) is 0 Å². The van der Waals surface area contributed by atoms with Gasteiger partial charge in [0.2, 0.25) is 0 Å². The standard InChI is InChI=1S/C13H15N3O3/c1-2-19-8-7-15-12-3-4-13(16(17)18)11-9-14-6-5-10(11)12/h3-6,9,15H,2,7-8H2,1H3. The van der Waals surface area contributed by atoms with Gasteiger partial charge < -0.3 is 10.1 Å². The first-order valence-corrected chi connectivity index (χ1v) is 6.06. The Hall–Kier alpha value is -2.21. The lowest BCUT2D eigenvalue weighted by Gasteiger charge is -2.09. The first kappa shape index (κ1) is 13.2. The van der Waals surface area contributed by atoms with E-state index in [0.717, 1.165) is 11.1 Å². The maximum Gasteiger partial charge on any atom is 0.278 e. The third-order valence-corrected chi connectivity index (χ3v) is 2.76. The molecular weight excluding hydrogens is 246 g/mol. The molecule has 0 saturated carbocycles. The van der Waals surface area contributed by atoms with E-state index in [4.69, 9.17) is 4.74 Å². The molecule has 19 heavy (non-hydrogen) atoms. The molecule has 0 spiro atoms. The highest BCUT2D eigenvalue weighted by Gasteiger charge is 2.13. The van der Waals surface area contributed by atoms with E-state index in [9.17, 15) is 10.1 Å². The molecule has 2 rings (SSSR count). The van der Waals surface area contributed by atoms with Crippen molar-refractivity contribution in [3.63, 3.8) is 0 Å². The van der Waals surface area contributed by atoms with E-state index in [1.807, 2.05) is 6.92 Å². The fourth-order valence-electron chi connectivity index (χ4n) is 1.89. The van der Waals surface area contributed by atoms with E-state index in [-0.39, 0.29) is 5.69 Å². The van der Waals surface area contributed by atoms with Gasteiger partial charge in [0.25, 0.3) is 5.69 Å². The third kappa shape index (κ3) is 2.97. The molecule has 0 aliphatic heterocycles. The lowest BCUT2D eigenvalue weighted by molar-refractivity contribution is -0.383. The highest BCUT2D eigenvalue weighted by atomic mass is 16.6. The minimum atomic E-state index is -0.395. The van der Waals surface area contributed by atoms with Crippen LogP contribution in [0.1, 0.15) is 6.92 Å². The number of fused-ring (bicyclic) bond motifs is 1. The minimum absolute atomic E-state index is 0.0680. The summed E-state index contributed by atoms with van der Waals surface area (Å²) in [4.78, 5) is 14.5. The fourth-order valence-corrected chi connectivity index (χ4v) is 1.89. The number of aromatic nitrogens is 1. The van der Waals surface area contributed by atoms with Crippen LogP contribution in [-0.2, 0) is 4.74 Å². The van der Waals surface area contributed by atoms with E-state index in [2.05, 4.69) is 10.3 Å². The van der Waals surface area contributed by atoms with E-state index < -0.39 is 4.92 Å². The van der Waals surface area contributed by atoms with Crippen LogP contribution < -0.4 is 5.32 Å². The molecule has 0 fully saturated rings. The number of nitrogens with zero attached hydrogens (tertiary/aromatic N) is 2. The molecule has 0 aliphatic rings. The summed E-state index contributed by atoms with van der Waals surface area (Å²) in [7, 11) is 0. The molecule has 0 bridgehead atoms. The van der Waals surface area contributed by atoms with Crippen molar-refractivity contribution in [2.45, 2.75) is 6.92 Å². The molecule has 0 radical (unpaired) electrons. The summed E-state index contributed by atoms with van der Waals surface area (Å²) >= 11 is 0. The molecule has 100 valence electrons. The summed E-state index contributed by atoms with van der Waals surface area (Å²) in [6, 6.07) is 4.98. The van der Waals surface area contributed by atoms with Crippen molar-refractivity contribution in [1.82, 2.24) is 4.98 Å². The summed E-state index contributed by atoms with van der Waals surface area (Å²) in [5.74, 6) is 0. The number of non-ortho nitro benzene ring substituents is 1. The van der Waals surface area contributed by atoms with Crippen LogP contribution in [-0.4, -0.2) is 29.7 Å². The predicted octanol–water partition coefficient (Wildman–Crippen LogP) is 2.59. The van der Waals surface area contributed by atoms with Crippen LogP contribution in [0.15, 0.2) is 30.6 Å². The number of nitrogens with one attached hydrogen (secondary N) is 1. The summed E-state index contributed by atoms with van der Waals surface area (Å²) in [6.07, 6.45) is 3.14. The molecule has 6 nitrogen and oxygen atoms in total. The molecule has 1 aromatic heterocycles. The van der Waals surface area contributed by atoms with E-state index >= 15 is 0 Å².